The van der Waals surface area contributed by atoms with E-state index in [0.29, 0.717) is 6.54 Å². The lowest BCUT2D eigenvalue weighted by Crippen LogP contribution is -2.36. The number of aromatic nitrogens is 2. The normalized spacial score (nSPS) is 18.3. The second-order valence-electron chi connectivity index (χ2n) is 6.83. The van der Waals surface area contributed by atoms with Crippen LogP contribution in [0.25, 0.3) is 0 Å². The number of hydrogen-bond donors (Lipinski definition) is 0. The van der Waals surface area contributed by atoms with Crippen molar-refractivity contribution >= 4 is 17.5 Å². The molecule has 0 aliphatic carbocycles. The number of carbonyl (C=O) groups excluding carboxylic acids is 1. The Bertz CT molecular complexity index is 747. The van der Waals surface area contributed by atoms with Gasteiger partial charge in [-0.25, -0.2) is 9.97 Å². The van der Waals surface area contributed by atoms with Crippen molar-refractivity contribution in [2.45, 2.75) is 6.42 Å². The molecule has 7 nitrogen and oxygen atoms in total. The molecule has 7 heteroatoms. The Labute approximate surface area is 159 Å². The molecular weight excluding hydrogens is 342 g/mol. The third-order valence-corrected chi connectivity index (χ3v) is 5.11. The number of nitrogens with zero attached hydrogens (tertiary/aromatic N) is 5. The Hall–Kier alpha value is -2.67. The highest BCUT2D eigenvalue weighted by atomic mass is 16.5. The van der Waals surface area contributed by atoms with E-state index in [4.69, 9.17) is 4.74 Å². The highest BCUT2D eigenvalue weighted by molar-refractivity contribution is 5.94. The molecule has 0 atom stereocenters. The van der Waals surface area contributed by atoms with Gasteiger partial charge in [0.25, 0.3) is 5.91 Å². The Morgan fingerprint density at radius 2 is 1.59 bits per heavy atom. The van der Waals surface area contributed by atoms with Crippen LogP contribution >= 0.6 is 0 Å². The fourth-order valence-electron chi connectivity index (χ4n) is 3.59. The smallest absolute Gasteiger partial charge is 0.253 e. The molecule has 0 N–H and O–H groups in total. The molecule has 0 unspecified atom stereocenters. The SMILES string of the molecule is O=C(c1ccc(N2CCOCC2)cc1)N1CCCN(c2ncccn2)CC1. The van der Waals surface area contributed by atoms with Crippen LogP contribution in [0.3, 0.4) is 0 Å². The van der Waals surface area contributed by atoms with Crippen molar-refractivity contribution in [3.63, 3.8) is 0 Å². The molecule has 2 fully saturated rings. The van der Waals surface area contributed by atoms with Gasteiger partial charge in [0.15, 0.2) is 0 Å². The van der Waals surface area contributed by atoms with E-state index in [1.807, 2.05) is 35.2 Å². The Morgan fingerprint density at radius 1 is 0.852 bits per heavy atom. The van der Waals surface area contributed by atoms with E-state index in [2.05, 4.69) is 19.8 Å². The predicted octanol–water partition coefficient (Wildman–Crippen LogP) is 1.67. The summed E-state index contributed by atoms with van der Waals surface area (Å²) in [6.07, 6.45) is 4.42. The summed E-state index contributed by atoms with van der Waals surface area (Å²) in [5.41, 5.74) is 1.90. The molecule has 0 saturated carbocycles. The number of hydrogen-bond acceptors (Lipinski definition) is 6. The van der Waals surface area contributed by atoms with Crippen LogP contribution in [0.2, 0.25) is 0 Å². The number of ether oxygens (including phenoxy) is 1. The maximum Gasteiger partial charge on any atom is 0.253 e. The predicted molar refractivity (Wildman–Crippen MR) is 104 cm³/mol. The van der Waals surface area contributed by atoms with Gasteiger partial charge in [-0.2, -0.15) is 0 Å². The number of benzene rings is 1. The molecule has 1 amide bonds. The van der Waals surface area contributed by atoms with Crippen LogP contribution in [0.5, 0.6) is 0 Å². The maximum atomic E-state index is 12.9. The van der Waals surface area contributed by atoms with Gasteiger partial charge in [-0.1, -0.05) is 0 Å². The third-order valence-electron chi connectivity index (χ3n) is 5.11. The zero-order valence-electron chi connectivity index (χ0n) is 15.5. The second kappa shape index (κ2) is 8.35. The van der Waals surface area contributed by atoms with E-state index in [1.165, 1.54) is 0 Å². The molecule has 2 aliphatic rings. The lowest BCUT2D eigenvalue weighted by molar-refractivity contribution is 0.0767. The van der Waals surface area contributed by atoms with Crippen LogP contribution in [-0.2, 0) is 4.74 Å². The quantitative estimate of drug-likeness (QED) is 0.822. The first-order valence-electron chi connectivity index (χ1n) is 9.55. The summed E-state index contributed by atoms with van der Waals surface area (Å²) in [5.74, 6) is 0.834. The summed E-state index contributed by atoms with van der Waals surface area (Å²) < 4.78 is 5.40. The zero-order chi connectivity index (χ0) is 18.5. The number of rotatable bonds is 3. The molecule has 2 aromatic rings. The lowest BCUT2D eigenvalue weighted by Gasteiger charge is -2.29. The van der Waals surface area contributed by atoms with Crippen molar-refractivity contribution < 1.29 is 9.53 Å². The van der Waals surface area contributed by atoms with Crippen molar-refractivity contribution in [3.05, 3.63) is 48.3 Å². The molecule has 2 aliphatic heterocycles. The minimum absolute atomic E-state index is 0.0966. The molecule has 2 saturated heterocycles. The zero-order valence-corrected chi connectivity index (χ0v) is 15.5. The molecule has 3 heterocycles. The Morgan fingerprint density at radius 3 is 2.33 bits per heavy atom. The van der Waals surface area contributed by atoms with Gasteiger partial charge in [0.2, 0.25) is 5.95 Å². The first-order chi connectivity index (χ1) is 13.3. The van der Waals surface area contributed by atoms with Crippen molar-refractivity contribution in [1.82, 2.24) is 14.9 Å². The van der Waals surface area contributed by atoms with Gasteiger partial charge in [0.05, 0.1) is 13.2 Å². The fourth-order valence-corrected chi connectivity index (χ4v) is 3.59. The molecule has 1 aromatic carbocycles. The fraction of sp³-hybridized carbons (Fsp3) is 0.450. The Kier molecular flexibility index (Phi) is 5.48. The highest BCUT2D eigenvalue weighted by Crippen LogP contribution is 2.18. The number of carbonyl (C=O) groups is 1. The highest BCUT2D eigenvalue weighted by Gasteiger charge is 2.21. The number of anilines is 2. The molecule has 0 bridgehead atoms. The third kappa shape index (κ3) is 4.19. The summed E-state index contributed by atoms with van der Waals surface area (Å²) in [7, 11) is 0. The molecule has 27 heavy (non-hydrogen) atoms. The minimum atomic E-state index is 0.0966. The van der Waals surface area contributed by atoms with Crippen LogP contribution in [0.1, 0.15) is 16.8 Å². The summed E-state index contributed by atoms with van der Waals surface area (Å²) in [6, 6.07) is 9.78. The second-order valence-corrected chi connectivity index (χ2v) is 6.83. The van der Waals surface area contributed by atoms with Gasteiger partial charge < -0.3 is 19.4 Å². The monoisotopic (exact) mass is 367 g/mol. The van der Waals surface area contributed by atoms with Crippen molar-refractivity contribution in [2.24, 2.45) is 0 Å². The van der Waals surface area contributed by atoms with Gasteiger partial charge in [-0.15, -0.1) is 0 Å². The van der Waals surface area contributed by atoms with Crippen molar-refractivity contribution in [3.8, 4) is 0 Å². The molecule has 1 aromatic heterocycles. The molecule has 4 rings (SSSR count). The minimum Gasteiger partial charge on any atom is -0.378 e. The topological polar surface area (TPSA) is 61.8 Å². The molecule has 142 valence electrons. The average molecular weight is 367 g/mol. The maximum absolute atomic E-state index is 12.9. The van der Waals surface area contributed by atoms with Gasteiger partial charge in [0.1, 0.15) is 0 Å². The van der Waals surface area contributed by atoms with Gasteiger partial charge in [-0.3, -0.25) is 4.79 Å². The van der Waals surface area contributed by atoms with Crippen LogP contribution in [0.15, 0.2) is 42.7 Å². The first-order valence-corrected chi connectivity index (χ1v) is 9.55. The largest absolute Gasteiger partial charge is 0.378 e. The first kappa shape index (κ1) is 17.7. The van der Waals surface area contributed by atoms with E-state index < -0.39 is 0 Å². The van der Waals surface area contributed by atoms with Crippen LogP contribution in [-0.4, -0.2) is 73.3 Å². The van der Waals surface area contributed by atoms with Crippen molar-refractivity contribution in [2.75, 3.05) is 62.3 Å². The molecular formula is C20H25N5O2. The summed E-state index contributed by atoms with van der Waals surface area (Å²) >= 11 is 0. The number of morpholine rings is 1. The Balaban J connectivity index is 1.39. The summed E-state index contributed by atoms with van der Waals surface area (Å²) in [5, 5.41) is 0. The molecule has 0 spiro atoms. The standard InChI is InChI=1S/C20H25N5O2/c26-19(17-3-5-18(6-4-17)23-13-15-27-16-14-23)24-9-2-10-25(12-11-24)20-21-7-1-8-22-20/h1,3-8H,2,9-16H2. The van der Waals surface area contributed by atoms with Crippen LogP contribution in [0, 0.1) is 0 Å². The van der Waals surface area contributed by atoms with Gasteiger partial charge >= 0.3 is 0 Å². The van der Waals surface area contributed by atoms with E-state index in [-0.39, 0.29) is 5.91 Å². The van der Waals surface area contributed by atoms with E-state index in [0.717, 1.165) is 69.6 Å². The summed E-state index contributed by atoms with van der Waals surface area (Å²) in [6.45, 7) is 6.38. The summed E-state index contributed by atoms with van der Waals surface area (Å²) in [4.78, 5) is 28.0. The lowest BCUT2D eigenvalue weighted by atomic mass is 10.1. The number of amides is 1. The molecule has 0 radical (unpaired) electrons. The van der Waals surface area contributed by atoms with E-state index in [1.54, 1.807) is 12.4 Å². The van der Waals surface area contributed by atoms with E-state index in [9.17, 15) is 4.79 Å². The van der Waals surface area contributed by atoms with Crippen LogP contribution < -0.4 is 9.80 Å². The van der Waals surface area contributed by atoms with Crippen molar-refractivity contribution in [1.29, 1.82) is 0 Å². The van der Waals surface area contributed by atoms with Gasteiger partial charge in [0, 0.05) is 62.9 Å². The van der Waals surface area contributed by atoms with E-state index >= 15 is 0 Å². The average Bonchev–Trinajstić information content (AvgIpc) is 3.01. The van der Waals surface area contributed by atoms with Crippen LogP contribution in [0.4, 0.5) is 11.6 Å². The van der Waals surface area contributed by atoms with Gasteiger partial charge in [-0.05, 0) is 36.8 Å².